The Morgan fingerprint density at radius 3 is 2.96 bits per heavy atom. The number of halogens is 1. The Labute approximate surface area is 142 Å². The molecule has 1 fully saturated rings. The van der Waals surface area contributed by atoms with Crippen molar-refractivity contribution in [3.05, 3.63) is 54.0 Å². The minimum Gasteiger partial charge on any atom is -0.494 e. The number of rotatable bonds is 6. The highest BCUT2D eigenvalue weighted by Gasteiger charge is 2.21. The smallest absolute Gasteiger partial charge is 0.213 e. The summed E-state index contributed by atoms with van der Waals surface area (Å²) in [6.07, 6.45) is 4.02. The Hall–Kier alpha value is -2.14. The van der Waals surface area contributed by atoms with Crippen molar-refractivity contribution in [1.82, 2.24) is 9.88 Å². The first-order valence-electron chi connectivity index (χ1n) is 8.33. The number of nitrogens with zero attached hydrogens (tertiary/aromatic N) is 2. The van der Waals surface area contributed by atoms with Crippen LogP contribution in [0.5, 0.6) is 11.6 Å². The van der Waals surface area contributed by atoms with E-state index in [1.54, 1.807) is 18.3 Å². The van der Waals surface area contributed by atoms with E-state index in [1.165, 1.54) is 7.11 Å². The maximum atomic E-state index is 13.8. The predicted octanol–water partition coefficient (Wildman–Crippen LogP) is 3.52. The molecule has 0 spiro atoms. The standard InChI is InChI=1S/C19H23FN2O2/c1-23-18-8-7-15(11-17(18)20)12-22-10-4-5-16(13-22)14-24-19-6-2-3-9-21-19/h2-3,6-9,11,16H,4-5,10,12-14H2,1H3. The molecule has 1 aliphatic rings. The third-order valence-corrected chi connectivity index (χ3v) is 4.33. The molecular weight excluding hydrogens is 307 g/mol. The fraction of sp³-hybridized carbons (Fsp3) is 0.421. The van der Waals surface area contributed by atoms with E-state index in [1.807, 2.05) is 24.3 Å². The lowest BCUT2D eigenvalue weighted by molar-refractivity contribution is 0.123. The second kappa shape index (κ2) is 8.11. The van der Waals surface area contributed by atoms with Crippen LogP contribution in [0.4, 0.5) is 4.39 Å². The van der Waals surface area contributed by atoms with Crippen LogP contribution in [0.3, 0.4) is 0 Å². The highest BCUT2D eigenvalue weighted by atomic mass is 19.1. The molecule has 2 aromatic rings. The van der Waals surface area contributed by atoms with Crippen molar-refractivity contribution >= 4 is 0 Å². The average molecular weight is 330 g/mol. The molecule has 0 aliphatic carbocycles. The molecular formula is C19H23FN2O2. The Morgan fingerprint density at radius 1 is 1.29 bits per heavy atom. The number of aromatic nitrogens is 1. The molecule has 128 valence electrons. The van der Waals surface area contributed by atoms with Crippen LogP contribution in [0.25, 0.3) is 0 Å². The van der Waals surface area contributed by atoms with Gasteiger partial charge in [0.1, 0.15) is 0 Å². The molecule has 0 amide bonds. The van der Waals surface area contributed by atoms with Crippen LogP contribution in [0.1, 0.15) is 18.4 Å². The van der Waals surface area contributed by atoms with Crippen molar-refractivity contribution in [2.24, 2.45) is 5.92 Å². The molecule has 1 saturated heterocycles. The molecule has 1 aromatic heterocycles. The normalized spacial score (nSPS) is 18.3. The third-order valence-electron chi connectivity index (χ3n) is 4.33. The van der Waals surface area contributed by atoms with Gasteiger partial charge in [0.25, 0.3) is 0 Å². The molecule has 5 heteroatoms. The number of methoxy groups -OCH3 is 1. The van der Waals surface area contributed by atoms with Crippen LogP contribution >= 0.6 is 0 Å². The lowest BCUT2D eigenvalue weighted by Gasteiger charge is -2.32. The summed E-state index contributed by atoms with van der Waals surface area (Å²) in [5.74, 6) is 1.14. The summed E-state index contributed by atoms with van der Waals surface area (Å²) in [4.78, 5) is 6.54. The molecule has 24 heavy (non-hydrogen) atoms. The summed E-state index contributed by atoms with van der Waals surface area (Å²) in [5.41, 5.74) is 0.972. The van der Waals surface area contributed by atoms with E-state index in [-0.39, 0.29) is 5.82 Å². The van der Waals surface area contributed by atoms with E-state index in [0.29, 0.717) is 24.2 Å². The van der Waals surface area contributed by atoms with E-state index >= 15 is 0 Å². The van der Waals surface area contributed by atoms with E-state index in [0.717, 1.165) is 38.0 Å². The van der Waals surface area contributed by atoms with Crippen LogP contribution in [0.2, 0.25) is 0 Å². The quantitative estimate of drug-likeness (QED) is 0.812. The van der Waals surface area contributed by atoms with Crippen molar-refractivity contribution in [2.45, 2.75) is 19.4 Å². The van der Waals surface area contributed by atoms with Gasteiger partial charge in [-0.1, -0.05) is 12.1 Å². The SMILES string of the molecule is COc1ccc(CN2CCCC(COc3ccccn3)C2)cc1F. The molecule has 0 radical (unpaired) electrons. The van der Waals surface area contributed by atoms with Gasteiger partial charge >= 0.3 is 0 Å². The number of likely N-dealkylation sites (tertiary alicyclic amines) is 1. The van der Waals surface area contributed by atoms with Gasteiger partial charge in [-0.15, -0.1) is 0 Å². The van der Waals surface area contributed by atoms with Crippen molar-refractivity contribution < 1.29 is 13.9 Å². The molecule has 0 bridgehead atoms. The summed E-state index contributed by atoms with van der Waals surface area (Å²) >= 11 is 0. The zero-order valence-corrected chi connectivity index (χ0v) is 14.0. The fourth-order valence-electron chi connectivity index (χ4n) is 3.13. The Morgan fingerprint density at radius 2 is 2.21 bits per heavy atom. The van der Waals surface area contributed by atoms with Gasteiger partial charge in [-0.3, -0.25) is 4.90 Å². The zero-order chi connectivity index (χ0) is 16.8. The molecule has 0 N–H and O–H groups in total. The monoisotopic (exact) mass is 330 g/mol. The highest BCUT2D eigenvalue weighted by Crippen LogP contribution is 2.22. The van der Waals surface area contributed by atoms with Crippen LogP contribution in [-0.4, -0.2) is 36.7 Å². The highest BCUT2D eigenvalue weighted by molar-refractivity contribution is 5.29. The van der Waals surface area contributed by atoms with E-state index < -0.39 is 0 Å². The number of piperidine rings is 1. The number of benzene rings is 1. The van der Waals surface area contributed by atoms with Crippen molar-refractivity contribution in [2.75, 3.05) is 26.8 Å². The molecule has 0 saturated carbocycles. The summed E-state index contributed by atoms with van der Waals surface area (Å²) in [7, 11) is 1.48. The molecule has 1 aliphatic heterocycles. The molecule has 1 atom stereocenters. The number of hydrogen-bond acceptors (Lipinski definition) is 4. The van der Waals surface area contributed by atoms with Crippen LogP contribution in [-0.2, 0) is 6.54 Å². The van der Waals surface area contributed by atoms with Crippen LogP contribution in [0.15, 0.2) is 42.6 Å². The molecule has 3 rings (SSSR count). The van der Waals surface area contributed by atoms with Crippen LogP contribution in [0, 0.1) is 11.7 Å². The summed E-state index contributed by atoms with van der Waals surface area (Å²) in [5, 5.41) is 0. The Balaban J connectivity index is 1.52. The maximum Gasteiger partial charge on any atom is 0.213 e. The van der Waals surface area contributed by atoms with Crippen molar-refractivity contribution in [3.63, 3.8) is 0 Å². The fourth-order valence-corrected chi connectivity index (χ4v) is 3.13. The van der Waals surface area contributed by atoms with Gasteiger partial charge < -0.3 is 9.47 Å². The van der Waals surface area contributed by atoms with Gasteiger partial charge in [0, 0.05) is 31.3 Å². The second-order valence-corrected chi connectivity index (χ2v) is 6.19. The van der Waals surface area contributed by atoms with Gasteiger partial charge in [0.05, 0.1) is 13.7 Å². The molecule has 1 unspecified atom stereocenters. The van der Waals surface area contributed by atoms with Gasteiger partial charge in [0.15, 0.2) is 11.6 Å². The topological polar surface area (TPSA) is 34.6 Å². The lowest BCUT2D eigenvalue weighted by atomic mass is 9.98. The molecule has 1 aromatic carbocycles. The van der Waals surface area contributed by atoms with Crippen molar-refractivity contribution in [3.8, 4) is 11.6 Å². The number of ether oxygens (including phenoxy) is 2. The first-order valence-corrected chi connectivity index (χ1v) is 8.33. The third kappa shape index (κ3) is 4.45. The van der Waals surface area contributed by atoms with E-state index in [9.17, 15) is 4.39 Å². The van der Waals surface area contributed by atoms with Crippen LogP contribution < -0.4 is 9.47 Å². The van der Waals surface area contributed by atoms with E-state index in [4.69, 9.17) is 9.47 Å². The van der Waals surface area contributed by atoms with Gasteiger partial charge in [-0.25, -0.2) is 9.37 Å². The van der Waals surface area contributed by atoms with Gasteiger partial charge in [-0.05, 0) is 43.1 Å². The van der Waals surface area contributed by atoms with Gasteiger partial charge in [-0.2, -0.15) is 0 Å². The van der Waals surface area contributed by atoms with Gasteiger partial charge in [0.2, 0.25) is 5.88 Å². The average Bonchev–Trinajstić information content (AvgIpc) is 2.61. The summed E-state index contributed by atoms with van der Waals surface area (Å²) in [6.45, 7) is 3.42. The minimum atomic E-state index is -0.304. The lowest BCUT2D eigenvalue weighted by Crippen LogP contribution is -2.37. The Bertz CT molecular complexity index is 651. The Kier molecular flexibility index (Phi) is 5.64. The maximum absolute atomic E-state index is 13.8. The second-order valence-electron chi connectivity index (χ2n) is 6.19. The number of hydrogen-bond donors (Lipinski definition) is 0. The van der Waals surface area contributed by atoms with E-state index in [2.05, 4.69) is 9.88 Å². The van der Waals surface area contributed by atoms with Crippen molar-refractivity contribution in [1.29, 1.82) is 0 Å². The number of pyridine rings is 1. The molecule has 4 nitrogen and oxygen atoms in total. The summed E-state index contributed by atoms with van der Waals surface area (Å²) < 4.78 is 24.6. The predicted molar refractivity (Wildman–Crippen MR) is 90.7 cm³/mol. The first kappa shape index (κ1) is 16.7. The first-order chi connectivity index (χ1) is 11.7. The summed E-state index contributed by atoms with van der Waals surface area (Å²) in [6, 6.07) is 10.9. The minimum absolute atomic E-state index is 0.291. The zero-order valence-electron chi connectivity index (χ0n) is 14.0. The largest absolute Gasteiger partial charge is 0.494 e. The molecule has 2 heterocycles.